The molecule has 0 aromatic carbocycles. The molecule has 0 bridgehead atoms. The monoisotopic (exact) mass is 407 g/mol. The van der Waals surface area contributed by atoms with Gasteiger partial charge < -0.3 is 10.1 Å². The Morgan fingerprint density at radius 1 is 1.13 bits per heavy atom. The number of likely N-dealkylation sites (tertiary alicyclic amines) is 1. The van der Waals surface area contributed by atoms with Gasteiger partial charge >= 0.3 is 0 Å². The van der Waals surface area contributed by atoms with E-state index in [4.69, 9.17) is 4.74 Å². The van der Waals surface area contributed by atoms with Gasteiger partial charge in [0, 0.05) is 37.9 Å². The molecule has 0 saturated carbocycles. The molecule has 0 radical (unpaired) electrons. The highest BCUT2D eigenvalue weighted by Crippen LogP contribution is 2.18. The molecule has 1 fully saturated rings. The van der Waals surface area contributed by atoms with Crippen molar-refractivity contribution in [1.29, 1.82) is 0 Å². The van der Waals surface area contributed by atoms with Crippen LogP contribution >= 0.6 is 0 Å². The molecule has 7 nitrogen and oxygen atoms in total. The number of nitrogens with one attached hydrogen (secondary N) is 1. The van der Waals surface area contributed by atoms with Gasteiger partial charge in [-0.2, -0.15) is 0 Å². The zero-order valence-corrected chi connectivity index (χ0v) is 17.9. The lowest BCUT2D eigenvalue weighted by Gasteiger charge is -2.33. The summed E-state index contributed by atoms with van der Waals surface area (Å²) in [6, 6.07) is 7.99. The summed E-state index contributed by atoms with van der Waals surface area (Å²) in [5.41, 5.74) is 4.98. The lowest BCUT2D eigenvalue weighted by molar-refractivity contribution is 0.159. The van der Waals surface area contributed by atoms with Gasteiger partial charge in [0.1, 0.15) is 5.75 Å². The Labute approximate surface area is 176 Å². The van der Waals surface area contributed by atoms with Gasteiger partial charge in [-0.1, -0.05) is 0 Å². The van der Waals surface area contributed by atoms with Crippen LogP contribution < -0.4 is 15.6 Å². The van der Waals surface area contributed by atoms with Gasteiger partial charge in [0.2, 0.25) is 0 Å². The number of piperidine rings is 1. The fourth-order valence-corrected chi connectivity index (χ4v) is 4.05. The summed E-state index contributed by atoms with van der Waals surface area (Å²) in [4.78, 5) is 23.8. The third kappa shape index (κ3) is 4.52. The SMILES string of the molecule is COc1cnc(CNC2CCN(Cn3c(=O)ccc4ncc(C)cc43)CC2)cc1C. The predicted molar refractivity (Wildman–Crippen MR) is 118 cm³/mol. The van der Waals surface area contributed by atoms with Crippen LogP contribution in [0.2, 0.25) is 0 Å². The highest BCUT2D eigenvalue weighted by molar-refractivity contribution is 5.74. The van der Waals surface area contributed by atoms with Crippen molar-refractivity contribution < 1.29 is 4.74 Å². The summed E-state index contributed by atoms with van der Waals surface area (Å²) in [6.07, 6.45) is 5.72. The Kier molecular flexibility index (Phi) is 6.11. The minimum absolute atomic E-state index is 0.0242. The Hall–Kier alpha value is -2.77. The molecule has 1 aliphatic heterocycles. The molecule has 0 aliphatic carbocycles. The van der Waals surface area contributed by atoms with Crippen molar-refractivity contribution in [3.05, 3.63) is 63.8 Å². The minimum Gasteiger partial charge on any atom is -0.495 e. The molecule has 30 heavy (non-hydrogen) atoms. The van der Waals surface area contributed by atoms with Gasteiger partial charge in [-0.3, -0.25) is 24.2 Å². The third-order valence-corrected chi connectivity index (χ3v) is 5.81. The number of nitrogens with zero attached hydrogens (tertiary/aromatic N) is 4. The summed E-state index contributed by atoms with van der Waals surface area (Å²) in [5, 5.41) is 3.63. The first-order chi connectivity index (χ1) is 14.5. The van der Waals surface area contributed by atoms with Crippen LogP contribution in [0.3, 0.4) is 0 Å². The van der Waals surface area contributed by atoms with E-state index in [0.717, 1.165) is 66.1 Å². The second kappa shape index (κ2) is 8.93. The number of aryl methyl sites for hydroxylation is 2. The number of aromatic nitrogens is 3. The van der Waals surface area contributed by atoms with Gasteiger partial charge in [0.25, 0.3) is 5.56 Å². The molecule has 0 atom stereocenters. The van der Waals surface area contributed by atoms with Crippen molar-refractivity contribution in [2.24, 2.45) is 0 Å². The number of hydrogen-bond acceptors (Lipinski definition) is 6. The Morgan fingerprint density at radius 3 is 2.67 bits per heavy atom. The van der Waals surface area contributed by atoms with Gasteiger partial charge in [-0.05, 0) is 56.0 Å². The number of rotatable bonds is 6. The molecular weight excluding hydrogens is 378 g/mol. The highest BCUT2D eigenvalue weighted by atomic mass is 16.5. The van der Waals surface area contributed by atoms with Crippen LogP contribution in [0.5, 0.6) is 5.75 Å². The molecule has 4 rings (SSSR count). The fourth-order valence-electron chi connectivity index (χ4n) is 4.05. The van der Waals surface area contributed by atoms with Crippen molar-refractivity contribution >= 4 is 11.0 Å². The summed E-state index contributed by atoms with van der Waals surface area (Å²) in [5.74, 6) is 0.820. The van der Waals surface area contributed by atoms with Crippen LogP contribution in [0.4, 0.5) is 0 Å². The van der Waals surface area contributed by atoms with Gasteiger partial charge in [0.05, 0.1) is 36.7 Å². The second-order valence-corrected chi connectivity index (χ2v) is 8.08. The molecule has 1 aliphatic rings. The number of ether oxygens (including phenoxy) is 1. The first-order valence-electron chi connectivity index (χ1n) is 10.4. The van der Waals surface area contributed by atoms with E-state index in [2.05, 4.69) is 26.3 Å². The Balaban J connectivity index is 1.35. The average molecular weight is 408 g/mol. The highest BCUT2D eigenvalue weighted by Gasteiger charge is 2.20. The number of hydrogen-bond donors (Lipinski definition) is 1. The first kappa shape index (κ1) is 20.5. The Bertz CT molecular complexity index is 1090. The topological polar surface area (TPSA) is 72.3 Å². The summed E-state index contributed by atoms with van der Waals surface area (Å²) >= 11 is 0. The van der Waals surface area contributed by atoms with Gasteiger partial charge in [-0.25, -0.2) is 0 Å². The van der Waals surface area contributed by atoms with E-state index >= 15 is 0 Å². The fraction of sp³-hybridized carbons (Fsp3) is 0.435. The van der Waals surface area contributed by atoms with Crippen molar-refractivity contribution in [2.45, 2.75) is 45.9 Å². The quantitative estimate of drug-likeness (QED) is 0.677. The van der Waals surface area contributed by atoms with Crippen molar-refractivity contribution in [3.8, 4) is 5.75 Å². The van der Waals surface area contributed by atoms with Crippen LogP contribution in [-0.2, 0) is 13.2 Å². The van der Waals surface area contributed by atoms with Crippen molar-refractivity contribution in [1.82, 2.24) is 24.8 Å². The zero-order valence-electron chi connectivity index (χ0n) is 17.9. The number of fused-ring (bicyclic) bond motifs is 1. The van der Waals surface area contributed by atoms with Crippen LogP contribution in [0.15, 0.2) is 41.5 Å². The van der Waals surface area contributed by atoms with Crippen molar-refractivity contribution in [2.75, 3.05) is 20.2 Å². The molecule has 0 unspecified atom stereocenters. The molecule has 1 saturated heterocycles. The minimum atomic E-state index is 0.0242. The van der Waals surface area contributed by atoms with Gasteiger partial charge in [-0.15, -0.1) is 0 Å². The number of methoxy groups -OCH3 is 1. The average Bonchev–Trinajstić information content (AvgIpc) is 2.75. The molecule has 1 N–H and O–H groups in total. The van der Waals surface area contributed by atoms with E-state index in [1.807, 2.05) is 30.7 Å². The first-order valence-corrected chi connectivity index (χ1v) is 10.4. The lowest BCUT2D eigenvalue weighted by Crippen LogP contribution is -2.44. The summed E-state index contributed by atoms with van der Waals surface area (Å²) in [6.45, 7) is 7.30. The van der Waals surface area contributed by atoms with Crippen LogP contribution in [0, 0.1) is 13.8 Å². The molecule has 0 amide bonds. The largest absolute Gasteiger partial charge is 0.495 e. The smallest absolute Gasteiger partial charge is 0.252 e. The molecule has 4 heterocycles. The van der Waals surface area contributed by atoms with E-state index in [9.17, 15) is 4.79 Å². The predicted octanol–water partition coefficient (Wildman–Crippen LogP) is 2.63. The normalized spacial score (nSPS) is 15.6. The maximum Gasteiger partial charge on any atom is 0.252 e. The molecular formula is C23H29N5O2. The zero-order chi connectivity index (χ0) is 21.1. The molecule has 3 aromatic rings. The van der Waals surface area contributed by atoms with Crippen molar-refractivity contribution in [3.63, 3.8) is 0 Å². The third-order valence-electron chi connectivity index (χ3n) is 5.81. The number of pyridine rings is 3. The summed E-state index contributed by atoms with van der Waals surface area (Å²) < 4.78 is 7.12. The van der Waals surface area contributed by atoms with E-state index < -0.39 is 0 Å². The van der Waals surface area contributed by atoms with E-state index in [-0.39, 0.29) is 5.56 Å². The van der Waals surface area contributed by atoms with Crippen LogP contribution in [-0.4, -0.2) is 45.7 Å². The molecule has 3 aromatic heterocycles. The molecule has 0 spiro atoms. The maximum atomic E-state index is 12.5. The lowest BCUT2D eigenvalue weighted by atomic mass is 10.1. The van der Waals surface area contributed by atoms with Gasteiger partial charge in [0.15, 0.2) is 0 Å². The standard InChI is InChI=1S/C23H29N5O2/c1-16-10-21-20(26-12-16)4-5-23(29)28(21)15-27-8-6-18(7-9-27)24-13-19-11-17(2)22(30-3)14-25-19/h4-5,10-12,14,18,24H,6-9,13,15H2,1-3H3. The van der Waals surface area contributed by atoms with E-state index in [0.29, 0.717) is 12.7 Å². The molecule has 7 heteroatoms. The maximum absolute atomic E-state index is 12.5. The molecule has 158 valence electrons. The summed E-state index contributed by atoms with van der Waals surface area (Å²) in [7, 11) is 1.67. The van der Waals surface area contributed by atoms with E-state index in [1.165, 1.54) is 0 Å². The second-order valence-electron chi connectivity index (χ2n) is 8.08. The Morgan fingerprint density at radius 2 is 1.93 bits per heavy atom. The van der Waals surface area contributed by atoms with E-state index in [1.54, 1.807) is 25.4 Å². The van der Waals surface area contributed by atoms with Crippen LogP contribution in [0.25, 0.3) is 11.0 Å². The van der Waals surface area contributed by atoms with Crippen LogP contribution in [0.1, 0.15) is 29.7 Å².